The Morgan fingerprint density at radius 1 is 1.18 bits per heavy atom. The van der Waals surface area contributed by atoms with Crippen LogP contribution in [-0.2, 0) is 9.59 Å². The van der Waals surface area contributed by atoms with E-state index in [-0.39, 0.29) is 11.8 Å². The van der Waals surface area contributed by atoms with Gasteiger partial charge in [-0.2, -0.15) is 5.10 Å². The zero-order chi connectivity index (χ0) is 15.8. The maximum Gasteiger partial charge on any atom is 0.240 e. The molecular weight excluding hydrogens is 278 g/mol. The molecule has 5 nitrogen and oxygen atoms in total. The second-order valence-electron chi connectivity index (χ2n) is 5.80. The molecule has 1 aromatic carbocycles. The van der Waals surface area contributed by atoms with Crippen LogP contribution in [0.4, 0.5) is 5.69 Å². The van der Waals surface area contributed by atoms with Crippen LogP contribution in [0.5, 0.6) is 0 Å². The van der Waals surface area contributed by atoms with Gasteiger partial charge in [0.15, 0.2) is 0 Å². The van der Waals surface area contributed by atoms with Crippen LogP contribution in [-0.4, -0.2) is 18.0 Å². The van der Waals surface area contributed by atoms with E-state index in [1.54, 1.807) is 18.3 Å². The third-order valence-corrected chi connectivity index (χ3v) is 3.83. The second-order valence-corrected chi connectivity index (χ2v) is 5.80. The SMILES string of the molecule is CC(=O)Nc1ccc(/C=N\NC(=O)CC2CCCCC2)cc1. The zero-order valence-corrected chi connectivity index (χ0v) is 13.0. The second kappa shape index (κ2) is 8.32. The van der Waals surface area contributed by atoms with Crippen molar-refractivity contribution in [1.29, 1.82) is 0 Å². The van der Waals surface area contributed by atoms with Gasteiger partial charge in [-0.05, 0) is 36.5 Å². The van der Waals surface area contributed by atoms with Gasteiger partial charge in [0.1, 0.15) is 0 Å². The quantitative estimate of drug-likeness (QED) is 0.648. The number of hydrogen-bond acceptors (Lipinski definition) is 3. The van der Waals surface area contributed by atoms with E-state index in [1.165, 1.54) is 26.2 Å². The minimum atomic E-state index is -0.101. The molecule has 1 aliphatic carbocycles. The first-order valence-electron chi connectivity index (χ1n) is 7.83. The lowest BCUT2D eigenvalue weighted by molar-refractivity contribution is -0.122. The van der Waals surface area contributed by atoms with Gasteiger partial charge in [-0.15, -0.1) is 0 Å². The minimum absolute atomic E-state index is 0.0157. The van der Waals surface area contributed by atoms with Gasteiger partial charge in [0.2, 0.25) is 11.8 Å². The Hall–Kier alpha value is -2.17. The Kier molecular flexibility index (Phi) is 6.13. The molecule has 1 fully saturated rings. The molecule has 0 saturated heterocycles. The fourth-order valence-electron chi connectivity index (χ4n) is 2.73. The molecular formula is C17H23N3O2. The number of rotatable bonds is 5. The van der Waals surface area contributed by atoms with Gasteiger partial charge in [-0.1, -0.05) is 31.4 Å². The van der Waals surface area contributed by atoms with Crippen LogP contribution in [0.2, 0.25) is 0 Å². The summed E-state index contributed by atoms with van der Waals surface area (Å²) in [5.41, 5.74) is 4.20. The van der Waals surface area contributed by atoms with Gasteiger partial charge in [0.05, 0.1) is 6.21 Å². The molecule has 0 radical (unpaired) electrons. The molecule has 0 bridgehead atoms. The summed E-state index contributed by atoms with van der Waals surface area (Å²) in [5.74, 6) is 0.398. The van der Waals surface area contributed by atoms with Gasteiger partial charge >= 0.3 is 0 Å². The first-order chi connectivity index (χ1) is 10.6. The summed E-state index contributed by atoms with van der Waals surface area (Å²) in [6.07, 6.45) is 8.26. The Bertz CT molecular complexity index is 531. The van der Waals surface area contributed by atoms with Crippen LogP contribution >= 0.6 is 0 Å². The Morgan fingerprint density at radius 2 is 1.86 bits per heavy atom. The van der Waals surface area contributed by atoms with Gasteiger partial charge in [-0.3, -0.25) is 9.59 Å². The highest BCUT2D eigenvalue weighted by Gasteiger charge is 2.16. The van der Waals surface area contributed by atoms with Crippen LogP contribution in [0.15, 0.2) is 29.4 Å². The Balaban J connectivity index is 1.76. The molecule has 0 unspecified atom stereocenters. The molecule has 2 N–H and O–H groups in total. The molecule has 0 aliphatic heterocycles. The first kappa shape index (κ1) is 16.2. The molecule has 5 heteroatoms. The Morgan fingerprint density at radius 3 is 2.50 bits per heavy atom. The zero-order valence-electron chi connectivity index (χ0n) is 13.0. The molecule has 2 rings (SSSR count). The predicted octanol–water partition coefficient (Wildman–Crippen LogP) is 3.07. The molecule has 0 aromatic heterocycles. The molecule has 0 spiro atoms. The predicted molar refractivity (Wildman–Crippen MR) is 87.7 cm³/mol. The van der Waals surface area contributed by atoms with Gasteiger partial charge in [0, 0.05) is 19.0 Å². The number of nitrogens with one attached hydrogen (secondary N) is 2. The summed E-state index contributed by atoms with van der Waals surface area (Å²) < 4.78 is 0. The van der Waals surface area contributed by atoms with Crippen molar-refractivity contribution < 1.29 is 9.59 Å². The summed E-state index contributed by atoms with van der Waals surface area (Å²) in [5, 5.41) is 6.68. The molecule has 0 heterocycles. The number of anilines is 1. The van der Waals surface area contributed by atoms with Gasteiger partial charge in [0.25, 0.3) is 0 Å². The summed E-state index contributed by atoms with van der Waals surface area (Å²) in [4.78, 5) is 22.7. The van der Waals surface area contributed by atoms with E-state index in [1.807, 2.05) is 12.1 Å². The van der Waals surface area contributed by atoms with Crippen molar-refractivity contribution in [2.45, 2.75) is 45.4 Å². The van der Waals surface area contributed by atoms with Crippen molar-refractivity contribution in [3.63, 3.8) is 0 Å². The number of carbonyl (C=O) groups excluding carboxylic acids is 2. The monoisotopic (exact) mass is 301 g/mol. The van der Waals surface area contributed by atoms with Crippen LogP contribution in [0.1, 0.15) is 51.0 Å². The highest BCUT2D eigenvalue weighted by atomic mass is 16.2. The number of carbonyl (C=O) groups is 2. The topological polar surface area (TPSA) is 70.6 Å². The standard InChI is InChI=1S/C17H23N3O2/c1-13(21)19-16-9-7-15(8-10-16)12-18-20-17(22)11-14-5-3-2-4-6-14/h7-10,12,14H,2-6,11H2,1H3,(H,19,21)(H,20,22)/b18-12-. The van der Waals surface area contributed by atoms with Crippen LogP contribution in [0, 0.1) is 5.92 Å². The van der Waals surface area contributed by atoms with E-state index in [9.17, 15) is 9.59 Å². The van der Waals surface area contributed by atoms with Crippen molar-refractivity contribution in [2.75, 3.05) is 5.32 Å². The lowest BCUT2D eigenvalue weighted by Gasteiger charge is -2.20. The minimum Gasteiger partial charge on any atom is -0.326 e. The molecule has 2 amide bonds. The van der Waals surface area contributed by atoms with Crippen molar-refractivity contribution in [2.24, 2.45) is 11.0 Å². The fourth-order valence-corrected chi connectivity index (χ4v) is 2.73. The van der Waals surface area contributed by atoms with Gasteiger partial charge < -0.3 is 5.32 Å². The van der Waals surface area contributed by atoms with Crippen LogP contribution < -0.4 is 10.7 Å². The lowest BCUT2D eigenvalue weighted by atomic mass is 9.87. The summed E-state index contributed by atoms with van der Waals surface area (Å²) in [6, 6.07) is 7.27. The van der Waals surface area contributed by atoms with E-state index in [0.29, 0.717) is 12.3 Å². The largest absolute Gasteiger partial charge is 0.326 e. The summed E-state index contributed by atoms with van der Waals surface area (Å²) in [6.45, 7) is 1.47. The number of benzene rings is 1. The number of hydrazone groups is 1. The van der Waals surface area contributed by atoms with E-state index in [2.05, 4.69) is 15.8 Å². The highest BCUT2D eigenvalue weighted by molar-refractivity contribution is 5.89. The van der Waals surface area contributed by atoms with Crippen molar-refractivity contribution in [3.05, 3.63) is 29.8 Å². The van der Waals surface area contributed by atoms with E-state index in [4.69, 9.17) is 0 Å². The lowest BCUT2D eigenvalue weighted by Crippen LogP contribution is -2.22. The average molecular weight is 301 g/mol. The van der Waals surface area contributed by atoms with E-state index < -0.39 is 0 Å². The molecule has 1 saturated carbocycles. The molecule has 22 heavy (non-hydrogen) atoms. The summed E-state index contributed by atoms with van der Waals surface area (Å²) >= 11 is 0. The third-order valence-electron chi connectivity index (χ3n) is 3.83. The Labute approximate surface area is 131 Å². The van der Waals surface area contributed by atoms with Gasteiger partial charge in [-0.25, -0.2) is 5.43 Å². The first-order valence-corrected chi connectivity index (χ1v) is 7.83. The van der Waals surface area contributed by atoms with E-state index >= 15 is 0 Å². The summed E-state index contributed by atoms with van der Waals surface area (Å²) in [7, 11) is 0. The molecule has 0 atom stereocenters. The van der Waals surface area contributed by atoms with E-state index in [0.717, 1.165) is 24.1 Å². The molecule has 1 aliphatic rings. The smallest absolute Gasteiger partial charge is 0.240 e. The van der Waals surface area contributed by atoms with Crippen LogP contribution in [0.3, 0.4) is 0 Å². The average Bonchev–Trinajstić information content (AvgIpc) is 2.49. The molecule has 1 aromatic rings. The fraction of sp³-hybridized carbons (Fsp3) is 0.471. The van der Waals surface area contributed by atoms with Crippen molar-refractivity contribution >= 4 is 23.7 Å². The van der Waals surface area contributed by atoms with Crippen molar-refractivity contribution in [1.82, 2.24) is 5.43 Å². The maximum atomic E-state index is 11.8. The maximum absolute atomic E-state index is 11.8. The normalized spacial score (nSPS) is 15.7. The van der Waals surface area contributed by atoms with Crippen molar-refractivity contribution in [3.8, 4) is 0 Å². The third kappa shape index (κ3) is 5.68. The highest BCUT2D eigenvalue weighted by Crippen LogP contribution is 2.25. The molecule has 118 valence electrons. The van der Waals surface area contributed by atoms with Crippen LogP contribution in [0.25, 0.3) is 0 Å². The number of hydrogen-bond donors (Lipinski definition) is 2. The number of nitrogens with zero attached hydrogens (tertiary/aromatic N) is 1. The number of amides is 2.